The lowest BCUT2D eigenvalue weighted by Crippen LogP contribution is -2.51. The molecule has 1 aliphatic rings. The van der Waals surface area contributed by atoms with Crippen molar-refractivity contribution in [1.29, 1.82) is 0 Å². The van der Waals surface area contributed by atoms with Gasteiger partial charge < -0.3 is 9.64 Å². The first-order chi connectivity index (χ1) is 8.88. The van der Waals surface area contributed by atoms with Gasteiger partial charge in [0.2, 0.25) is 0 Å². The monoisotopic (exact) mass is 245 g/mol. The summed E-state index contributed by atoms with van der Waals surface area (Å²) in [4.78, 5) is 2.14. The summed E-state index contributed by atoms with van der Waals surface area (Å²) in [6, 6.07) is 8.09. The number of hydrazine groups is 1. The Morgan fingerprint density at radius 3 is 3.17 bits per heavy atom. The standard InChI is InChI=1S/C12H15N5O/c13-15-11-8-17(5-6-18-11)12-10-4-2-1-3-9(10)7-14-16-12/h1-4,7,11,15H,5-6,8,13H2. The molecule has 0 saturated carbocycles. The Balaban J connectivity index is 1.98. The highest BCUT2D eigenvalue weighted by Gasteiger charge is 2.21. The lowest BCUT2D eigenvalue weighted by Gasteiger charge is -2.33. The molecule has 2 aromatic rings. The van der Waals surface area contributed by atoms with Crippen LogP contribution < -0.4 is 16.2 Å². The molecule has 0 amide bonds. The summed E-state index contributed by atoms with van der Waals surface area (Å²) >= 11 is 0. The first-order valence-corrected chi connectivity index (χ1v) is 5.91. The van der Waals surface area contributed by atoms with E-state index in [0.717, 1.165) is 23.1 Å². The van der Waals surface area contributed by atoms with E-state index in [1.807, 2.05) is 18.2 Å². The van der Waals surface area contributed by atoms with E-state index in [4.69, 9.17) is 10.6 Å². The Kier molecular flexibility index (Phi) is 3.06. The van der Waals surface area contributed by atoms with Gasteiger partial charge in [0, 0.05) is 17.3 Å². The average Bonchev–Trinajstić information content (AvgIpc) is 2.47. The molecule has 1 fully saturated rings. The Morgan fingerprint density at radius 2 is 2.28 bits per heavy atom. The van der Waals surface area contributed by atoms with Crippen molar-refractivity contribution < 1.29 is 4.74 Å². The fourth-order valence-corrected chi connectivity index (χ4v) is 2.19. The van der Waals surface area contributed by atoms with Crippen molar-refractivity contribution in [3.63, 3.8) is 0 Å². The van der Waals surface area contributed by atoms with E-state index in [1.165, 1.54) is 0 Å². The van der Waals surface area contributed by atoms with E-state index in [2.05, 4.69) is 26.6 Å². The minimum Gasteiger partial charge on any atom is -0.358 e. The molecule has 1 atom stereocenters. The van der Waals surface area contributed by atoms with Crippen molar-refractivity contribution in [1.82, 2.24) is 15.6 Å². The molecule has 1 aromatic heterocycles. The normalized spacial score (nSPS) is 20.3. The number of hydrogen-bond acceptors (Lipinski definition) is 6. The fraction of sp³-hybridized carbons (Fsp3) is 0.333. The van der Waals surface area contributed by atoms with Crippen molar-refractivity contribution >= 4 is 16.6 Å². The van der Waals surface area contributed by atoms with Crippen LogP contribution in [0.4, 0.5) is 5.82 Å². The Hall–Kier alpha value is -1.76. The molecule has 3 N–H and O–H groups in total. The highest BCUT2D eigenvalue weighted by atomic mass is 16.5. The van der Waals surface area contributed by atoms with E-state index in [-0.39, 0.29) is 6.23 Å². The second-order valence-corrected chi connectivity index (χ2v) is 4.23. The highest BCUT2D eigenvalue weighted by molar-refractivity contribution is 5.91. The van der Waals surface area contributed by atoms with Crippen LogP contribution in [0, 0.1) is 0 Å². The number of aromatic nitrogens is 2. The maximum Gasteiger partial charge on any atom is 0.159 e. The lowest BCUT2D eigenvalue weighted by atomic mass is 10.2. The molecule has 0 bridgehead atoms. The van der Waals surface area contributed by atoms with Crippen molar-refractivity contribution in [3.05, 3.63) is 30.5 Å². The van der Waals surface area contributed by atoms with E-state index in [1.54, 1.807) is 6.20 Å². The number of morpholine rings is 1. The minimum absolute atomic E-state index is 0.167. The Labute approximate surface area is 105 Å². The van der Waals surface area contributed by atoms with Crippen LogP contribution >= 0.6 is 0 Å². The molecule has 1 unspecified atom stereocenters. The molecule has 3 rings (SSSR count). The van der Waals surface area contributed by atoms with Gasteiger partial charge in [-0.1, -0.05) is 24.3 Å². The third-order valence-electron chi connectivity index (χ3n) is 3.10. The van der Waals surface area contributed by atoms with E-state index < -0.39 is 0 Å². The van der Waals surface area contributed by atoms with Gasteiger partial charge in [0.05, 0.1) is 19.3 Å². The van der Waals surface area contributed by atoms with E-state index in [9.17, 15) is 0 Å². The number of rotatable bonds is 2. The van der Waals surface area contributed by atoms with Crippen molar-refractivity contribution in [2.75, 3.05) is 24.6 Å². The number of nitrogens with zero attached hydrogens (tertiary/aromatic N) is 3. The van der Waals surface area contributed by atoms with Crippen molar-refractivity contribution in [2.45, 2.75) is 6.23 Å². The van der Waals surface area contributed by atoms with Gasteiger partial charge in [0.1, 0.15) is 6.23 Å². The fourth-order valence-electron chi connectivity index (χ4n) is 2.19. The van der Waals surface area contributed by atoms with E-state index >= 15 is 0 Å². The van der Waals surface area contributed by atoms with Gasteiger partial charge >= 0.3 is 0 Å². The Bertz CT molecular complexity index is 541. The summed E-state index contributed by atoms with van der Waals surface area (Å²) in [6.45, 7) is 2.08. The molecule has 1 saturated heterocycles. The first-order valence-electron chi connectivity index (χ1n) is 5.91. The molecular formula is C12H15N5O. The van der Waals surface area contributed by atoms with Crippen LogP contribution in [0.3, 0.4) is 0 Å². The van der Waals surface area contributed by atoms with Crippen LogP contribution in [0.2, 0.25) is 0 Å². The summed E-state index contributed by atoms with van der Waals surface area (Å²) in [5, 5.41) is 10.5. The number of hydrogen-bond donors (Lipinski definition) is 2. The van der Waals surface area contributed by atoms with Gasteiger partial charge in [-0.3, -0.25) is 5.84 Å². The second kappa shape index (κ2) is 4.85. The van der Waals surface area contributed by atoms with Gasteiger partial charge in [-0.2, -0.15) is 5.10 Å². The van der Waals surface area contributed by atoms with Crippen LogP contribution in [-0.4, -0.2) is 36.1 Å². The van der Waals surface area contributed by atoms with Gasteiger partial charge in [-0.15, -0.1) is 5.10 Å². The third-order valence-corrected chi connectivity index (χ3v) is 3.10. The molecular weight excluding hydrogens is 230 g/mol. The summed E-state index contributed by atoms with van der Waals surface area (Å²) in [5.74, 6) is 6.30. The molecule has 1 aromatic carbocycles. The van der Waals surface area contributed by atoms with Gasteiger partial charge in [0.15, 0.2) is 5.82 Å². The molecule has 6 heteroatoms. The number of nitrogens with two attached hydrogens (primary N) is 1. The molecule has 1 aliphatic heterocycles. The summed E-state index contributed by atoms with van der Waals surface area (Å²) in [7, 11) is 0. The molecule has 0 aliphatic carbocycles. The number of anilines is 1. The molecule has 18 heavy (non-hydrogen) atoms. The molecule has 6 nitrogen and oxygen atoms in total. The van der Waals surface area contributed by atoms with Gasteiger partial charge in [-0.05, 0) is 0 Å². The first kappa shape index (κ1) is 11.3. The molecule has 0 radical (unpaired) electrons. The van der Waals surface area contributed by atoms with Crippen LogP contribution in [-0.2, 0) is 4.74 Å². The molecule has 2 heterocycles. The maximum absolute atomic E-state index is 5.46. The lowest BCUT2D eigenvalue weighted by molar-refractivity contribution is 0.0181. The Morgan fingerprint density at radius 1 is 1.39 bits per heavy atom. The smallest absolute Gasteiger partial charge is 0.159 e. The van der Waals surface area contributed by atoms with Crippen molar-refractivity contribution in [3.8, 4) is 0 Å². The number of ether oxygens (including phenoxy) is 1. The maximum atomic E-state index is 5.46. The number of benzene rings is 1. The second-order valence-electron chi connectivity index (χ2n) is 4.23. The zero-order chi connectivity index (χ0) is 12.4. The van der Waals surface area contributed by atoms with Crippen molar-refractivity contribution in [2.24, 2.45) is 5.84 Å². The summed E-state index contributed by atoms with van der Waals surface area (Å²) in [6.07, 6.45) is 1.61. The molecule has 94 valence electrons. The largest absolute Gasteiger partial charge is 0.358 e. The van der Waals surface area contributed by atoms with Gasteiger partial charge in [-0.25, -0.2) is 5.43 Å². The summed E-state index contributed by atoms with van der Waals surface area (Å²) in [5.41, 5.74) is 2.64. The topological polar surface area (TPSA) is 76.3 Å². The predicted octanol–water partition coefficient (Wildman–Crippen LogP) is 0.256. The SMILES string of the molecule is NNC1CN(c2nncc3ccccc23)CCO1. The van der Waals surface area contributed by atoms with Gasteiger partial charge in [0.25, 0.3) is 0 Å². The zero-order valence-corrected chi connectivity index (χ0v) is 9.91. The third kappa shape index (κ3) is 2.01. The number of fused-ring (bicyclic) bond motifs is 1. The predicted molar refractivity (Wildman–Crippen MR) is 68.8 cm³/mol. The quantitative estimate of drug-likeness (QED) is 0.583. The number of nitrogens with one attached hydrogen (secondary N) is 1. The summed E-state index contributed by atoms with van der Waals surface area (Å²) < 4.78 is 5.46. The highest BCUT2D eigenvalue weighted by Crippen LogP contribution is 2.24. The minimum atomic E-state index is -0.167. The van der Waals surface area contributed by atoms with Crippen LogP contribution in [0.15, 0.2) is 30.5 Å². The molecule has 0 spiro atoms. The average molecular weight is 245 g/mol. The zero-order valence-electron chi connectivity index (χ0n) is 9.91. The van der Waals surface area contributed by atoms with Crippen LogP contribution in [0.25, 0.3) is 10.8 Å². The van der Waals surface area contributed by atoms with Crippen LogP contribution in [0.1, 0.15) is 0 Å². The van der Waals surface area contributed by atoms with E-state index in [0.29, 0.717) is 13.2 Å². The van der Waals surface area contributed by atoms with Crippen LogP contribution in [0.5, 0.6) is 0 Å².